The fraction of sp³-hybridized carbons (Fsp3) is 0.189. The summed E-state index contributed by atoms with van der Waals surface area (Å²) in [4.78, 5) is 41.0. The second kappa shape index (κ2) is 15.3. The summed E-state index contributed by atoms with van der Waals surface area (Å²) in [6.07, 6.45) is 2.61. The zero-order valence-electron chi connectivity index (χ0n) is 25.2. The molecule has 0 atom stereocenters. The van der Waals surface area contributed by atoms with Gasteiger partial charge in [0.1, 0.15) is 11.7 Å². The Bertz CT molecular complexity index is 1880. The molecule has 1 fully saturated rings. The van der Waals surface area contributed by atoms with E-state index in [9.17, 15) is 23.2 Å². The Labute approximate surface area is 265 Å². The van der Waals surface area contributed by atoms with Gasteiger partial charge in [0, 0.05) is 66.4 Å². The largest absolute Gasteiger partial charge is 0.379 e. The number of ether oxygens (including phenoxy) is 1. The van der Waals surface area contributed by atoms with Gasteiger partial charge in [0.25, 0.3) is 5.91 Å². The Morgan fingerprint density at radius 2 is 1.63 bits per heavy atom. The third kappa shape index (κ3) is 8.18. The average Bonchev–Trinajstić information content (AvgIpc) is 3.22. The van der Waals surface area contributed by atoms with Crippen LogP contribution in [-0.4, -0.2) is 56.0 Å². The highest BCUT2D eigenvalue weighted by atomic mass is 19.1. The van der Waals surface area contributed by atoms with Crippen LogP contribution in [0.3, 0.4) is 0 Å². The normalized spacial score (nSPS) is 14.5. The van der Waals surface area contributed by atoms with Gasteiger partial charge in [0.2, 0.25) is 0 Å². The number of fused-ring (bicyclic) bond motifs is 2. The zero-order chi connectivity index (χ0) is 32.5. The summed E-state index contributed by atoms with van der Waals surface area (Å²) in [7, 11) is 0. The molecule has 2 N–H and O–H groups in total. The summed E-state index contributed by atoms with van der Waals surface area (Å²) in [6.45, 7) is 7.81. The molecular formula is C37H34F2N3O4. The number of carbonyl (C=O) groups is 2. The van der Waals surface area contributed by atoms with E-state index < -0.39 is 11.7 Å². The molecule has 9 heteroatoms. The minimum atomic E-state index is -0.909. The van der Waals surface area contributed by atoms with E-state index in [0.29, 0.717) is 64.5 Å². The first-order valence-corrected chi connectivity index (χ1v) is 15.0. The second-order valence-corrected chi connectivity index (χ2v) is 10.8. The molecule has 0 aromatic heterocycles. The topological polar surface area (TPSA) is 87.7 Å². The summed E-state index contributed by atoms with van der Waals surface area (Å²) in [5.41, 5.74) is 1.02. The van der Waals surface area contributed by atoms with Crippen molar-refractivity contribution in [3.05, 3.63) is 143 Å². The first-order chi connectivity index (χ1) is 22.3. The number of allylic oxidation sites excluding steroid dienone is 4. The van der Waals surface area contributed by atoms with Crippen molar-refractivity contribution >= 4 is 38.9 Å². The number of anilines is 1. The minimum Gasteiger partial charge on any atom is -0.379 e. The first kappa shape index (κ1) is 32.4. The Balaban J connectivity index is 1.27. The van der Waals surface area contributed by atoms with Crippen molar-refractivity contribution in [3.63, 3.8) is 0 Å². The molecule has 235 valence electrons. The molecule has 1 radical (unpaired) electrons. The number of benzene rings is 3. The van der Waals surface area contributed by atoms with E-state index in [1.165, 1.54) is 6.08 Å². The molecule has 1 amide bonds. The van der Waals surface area contributed by atoms with Crippen LogP contribution in [0.5, 0.6) is 0 Å². The average molecular weight is 623 g/mol. The second-order valence-electron chi connectivity index (χ2n) is 10.8. The van der Waals surface area contributed by atoms with E-state index in [0.717, 1.165) is 25.8 Å². The van der Waals surface area contributed by atoms with Crippen LogP contribution in [0, 0.1) is 6.42 Å². The Morgan fingerprint density at radius 3 is 2.39 bits per heavy atom. The summed E-state index contributed by atoms with van der Waals surface area (Å²) < 4.78 is 34.8. The molecule has 1 heterocycles. The van der Waals surface area contributed by atoms with Gasteiger partial charge in [-0.05, 0) is 46.7 Å². The predicted octanol–water partition coefficient (Wildman–Crippen LogP) is 6.52. The smallest absolute Gasteiger partial charge is 0.251 e. The maximum atomic E-state index is 14.8. The number of rotatable bonds is 12. The number of nitrogens with zero attached hydrogens (tertiary/aromatic N) is 1. The molecule has 1 aliphatic heterocycles. The molecule has 46 heavy (non-hydrogen) atoms. The van der Waals surface area contributed by atoms with Gasteiger partial charge in [-0.15, -0.1) is 0 Å². The summed E-state index contributed by atoms with van der Waals surface area (Å²) in [5, 5.41) is 7.82. The van der Waals surface area contributed by atoms with E-state index in [2.05, 4.69) is 22.1 Å². The number of hydrogen-bond donors (Lipinski definition) is 2. The molecule has 0 spiro atoms. The number of halogens is 2. The molecular weight excluding hydrogens is 588 g/mol. The van der Waals surface area contributed by atoms with E-state index >= 15 is 0 Å². The van der Waals surface area contributed by atoms with Crippen molar-refractivity contribution in [1.29, 1.82) is 0 Å². The first-order valence-electron chi connectivity index (χ1n) is 15.0. The van der Waals surface area contributed by atoms with Gasteiger partial charge in [0.15, 0.2) is 11.2 Å². The Hall–Kier alpha value is -4.99. The molecule has 0 bridgehead atoms. The Kier molecular flexibility index (Phi) is 10.8. The van der Waals surface area contributed by atoms with Crippen molar-refractivity contribution in [1.82, 2.24) is 10.2 Å². The molecule has 1 saturated heterocycles. The van der Waals surface area contributed by atoms with Gasteiger partial charge in [0.05, 0.1) is 19.6 Å². The lowest BCUT2D eigenvalue weighted by Crippen LogP contribution is -2.41. The van der Waals surface area contributed by atoms with Crippen molar-refractivity contribution < 1.29 is 23.1 Å². The van der Waals surface area contributed by atoms with Crippen LogP contribution in [0.15, 0.2) is 120 Å². The Morgan fingerprint density at radius 1 is 0.891 bits per heavy atom. The minimum absolute atomic E-state index is 0.0284. The standard InChI is InChI=1S/C37H34F2N3O4/c1-2-25(22-35(43)27-6-4-3-5-7-27)34(39)23-30(38)24-41-31-12-13-32-28(20-31)10-8-26-9-11-29(21-33(26)36(32)44)37(45)40-14-15-42-16-18-46-19-17-42/h2-13,20-21,23-24,41H,1,14-19,22H2,(H,40,45)/b30-24-,34-25-. The molecule has 0 unspecified atom stereocenters. The van der Waals surface area contributed by atoms with Crippen molar-refractivity contribution in [2.24, 2.45) is 0 Å². The van der Waals surface area contributed by atoms with Crippen LogP contribution in [-0.2, 0) is 4.74 Å². The lowest BCUT2D eigenvalue weighted by atomic mass is 10.0. The summed E-state index contributed by atoms with van der Waals surface area (Å²) in [6, 6.07) is 22.0. The number of ketones is 1. The SMILES string of the molecule is C=C/C(CC(=O)c1ccccc1)=C(/F)[CH]/C(F)=C/Nc1ccc2c(=O)c3cc(C(=O)NCCN4CCOCC4)ccc3ccc2c1. The van der Waals surface area contributed by atoms with Crippen LogP contribution >= 0.6 is 0 Å². The van der Waals surface area contributed by atoms with Crippen LogP contribution in [0.4, 0.5) is 14.5 Å². The highest BCUT2D eigenvalue weighted by molar-refractivity contribution is 6.01. The molecule has 4 aromatic carbocycles. The molecule has 4 aromatic rings. The third-order valence-electron chi connectivity index (χ3n) is 7.76. The summed E-state index contributed by atoms with van der Waals surface area (Å²) >= 11 is 0. The van der Waals surface area contributed by atoms with Gasteiger partial charge < -0.3 is 15.4 Å². The van der Waals surface area contributed by atoms with Crippen LogP contribution in [0.2, 0.25) is 0 Å². The quantitative estimate of drug-likeness (QED) is 0.138. The number of morpholine rings is 1. The maximum Gasteiger partial charge on any atom is 0.251 e. The van der Waals surface area contributed by atoms with Gasteiger partial charge in [-0.2, -0.15) is 0 Å². The third-order valence-corrected chi connectivity index (χ3v) is 7.76. The highest BCUT2D eigenvalue weighted by Gasteiger charge is 2.14. The van der Waals surface area contributed by atoms with Crippen LogP contribution in [0.1, 0.15) is 27.1 Å². The highest BCUT2D eigenvalue weighted by Crippen LogP contribution is 2.23. The fourth-order valence-electron chi connectivity index (χ4n) is 5.18. The maximum absolute atomic E-state index is 14.8. The number of carbonyl (C=O) groups excluding carboxylic acids is 2. The number of amides is 1. The van der Waals surface area contributed by atoms with E-state index in [4.69, 9.17) is 4.74 Å². The van der Waals surface area contributed by atoms with E-state index in [1.807, 2.05) is 0 Å². The fourth-order valence-corrected chi connectivity index (χ4v) is 5.18. The predicted molar refractivity (Wildman–Crippen MR) is 178 cm³/mol. The number of hydrogen-bond acceptors (Lipinski definition) is 6. The van der Waals surface area contributed by atoms with Gasteiger partial charge >= 0.3 is 0 Å². The van der Waals surface area contributed by atoms with Crippen molar-refractivity contribution in [3.8, 4) is 0 Å². The molecule has 7 nitrogen and oxygen atoms in total. The molecule has 5 rings (SSSR count). The lowest BCUT2D eigenvalue weighted by molar-refractivity contribution is 0.0383. The van der Waals surface area contributed by atoms with E-state index in [-0.39, 0.29) is 29.1 Å². The molecule has 1 aliphatic rings. The van der Waals surface area contributed by atoms with E-state index in [1.54, 1.807) is 78.9 Å². The monoisotopic (exact) mass is 622 g/mol. The van der Waals surface area contributed by atoms with Crippen molar-refractivity contribution in [2.45, 2.75) is 6.42 Å². The molecule has 0 aliphatic carbocycles. The number of Topliss-reactive ketones (excluding diaryl/α,β-unsaturated/α-hetero) is 1. The lowest BCUT2D eigenvalue weighted by Gasteiger charge is -2.26. The van der Waals surface area contributed by atoms with Gasteiger partial charge in [-0.3, -0.25) is 19.3 Å². The van der Waals surface area contributed by atoms with Crippen molar-refractivity contribution in [2.75, 3.05) is 44.7 Å². The van der Waals surface area contributed by atoms with Crippen LogP contribution < -0.4 is 16.1 Å². The zero-order valence-corrected chi connectivity index (χ0v) is 25.2. The molecule has 0 saturated carbocycles. The number of nitrogens with one attached hydrogen (secondary N) is 2. The van der Waals surface area contributed by atoms with Gasteiger partial charge in [-0.25, -0.2) is 8.78 Å². The summed E-state index contributed by atoms with van der Waals surface area (Å²) in [5.74, 6) is -2.38. The van der Waals surface area contributed by atoms with Crippen LogP contribution in [0.25, 0.3) is 21.5 Å². The van der Waals surface area contributed by atoms with Gasteiger partial charge in [-0.1, -0.05) is 61.2 Å².